The Hall–Kier alpha value is -3.38. The average molecular weight is 514 g/mol. The first kappa shape index (κ1) is 25.7. The Balaban J connectivity index is 1.65. The largest absolute Gasteiger partial charge is 0.496 e. The van der Waals surface area contributed by atoms with Crippen molar-refractivity contribution in [2.75, 3.05) is 31.6 Å². The molecule has 4 rings (SSSR count). The van der Waals surface area contributed by atoms with Gasteiger partial charge in [0.1, 0.15) is 23.0 Å². The molecular weight excluding hydrogens is 485 g/mol. The Labute approximate surface area is 215 Å². The van der Waals surface area contributed by atoms with E-state index < -0.39 is 11.7 Å². The van der Waals surface area contributed by atoms with Gasteiger partial charge >= 0.3 is 6.09 Å². The maximum Gasteiger partial charge on any atom is 0.410 e. The Morgan fingerprint density at radius 3 is 2.75 bits per heavy atom. The summed E-state index contributed by atoms with van der Waals surface area (Å²) in [6.07, 6.45) is 2.72. The van der Waals surface area contributed by atoms with E-state index in [0.29, 0.717) is 55.3 Å². The van der Waals surface area contributed by atoms with Gasteiger partial charge in [0.05, 0.1) is 36.9 Å². The van der Waals surface area contributed by atoms with Gasteiger partial charge in [0, 0.05) is 25.2 Å². The number of allylic oxidation sites excluding steroid dienone is 1. The Morgan fingerprint density at radius 1 is 1.28 bits per heavy atom. The van der Waals surface area contributed by atoms with E-state index in [-0.39, 0.29) is 23.6 Å². The first-order valence-electron chi connectivity index (χ1n) is 11.8. The van der Waals surface area contributed by atoms with E-state index >= 15 is 0 Å². The van der Waals surface area contributed by atoms with Crippen LogP contribution in [-0.4, -0.2) is 59.3 Å². The van der Waals surface area contributed by atoms with Crippen molar-refractivity contribution < 1.29 is 18.7 Å². The predicted molar refractivity (Wildman–Crippen MR) is 135 cm³/mol. The number of nitriles is 1. The van der Waals surface area contributed by atoms with Crippen molar-refractivity contribution in [2.45, 2.75) is 51.7 Å². The number of halogens is 2. The van der Waals surface area contributed by atoms with Gasteiger partial charge in [0.15, 0.2) is 0 Å². The predicted octanol–water partition coefficient (Wildman–Crippen LogP) is 5.10. The van der Waals surface area contributed by atoms with Crippen LogP contribution in [0.4, 0.5) is 15.0 Å². The third-order valence-electron chi connectivity index (χ3n) is 6.20. The van der Waals surface area contributed by atoms with Gasteiger partial charge in [-0.15, -0.1) is 0 Å². The fraction of sp³-hybridized carbons (Fsp3) is 0.462. The number of carbonyl (C=O) groups is 1. The van der Waals surface area contributed by atoms with E-state index in [1.165, 1.54) is 13.2 Å². The molecule has 1 aliphatic heterocycles. The molecule has 1 aromatic carbocycles. The molecular formula is C26H29ClFN5O3. The zero-order valence-corrected chi connectivity index (χ0v) is 21.6. The smallest absolute Gasteiger partial charge is 0.410 e. The van der Waals surface area contributed by atoms with Crippen LogP contribution in [0.5, 0.6) is 5.75 Å². The lowest BCUT2D eigenvalue weighted by atomic mass is 9.90. The molecule has 2 aromatic rings. The minimum Gasteiger partial charge on any atom is -0.496 e. The summed E-state index contributed by atoms with van der Waals surface area (Å²) < 4.78 is 25.6. The standard InChI is InChI=1S/C26H29ClFN5O3/c1-26(2,3)36-25(34)33-13-12-32(15-17(33)10-11-29)23-18-9-8-16(14-20(18)30-24(27)31-23)22-19(28)6-5-7-21(22)35-4/h5-7,14,17H,8-10,12-13,15H2,1-4H3. The summed E-state index contributed by atoms with van der Waals surface area (Å²) in [6, 6.07) is 6.57. The van der Waals surface area contributed by atoms with Gasteiger partial charge in [-0.2, -0.15) is 5.26 Å². The van der Waals surface area contributed by atoms with Crippen LogP contribution < -0.4 is 9.64 Å². The number of hydrogen-bond acceptors (Lipinski definition) is 7. The van der Waals surface area contributed by atoms with Crippen LogP contribution in [0, 0.1) is 17.1 Å². The molecule has 1 saturated heterocycles. The van der Waals surface area contributed by atoms with Crippen LogP contribution in [0.1, 0.15) is 50.4 Å². The number of carbonyl (C=O) groups excluding carboxylic acids is 1. The van der Waals surface area contributed by atoms with E-state index in [4.69, 9.17) is 21.1 Å². The third kappa shape index (κ3) is 5.39. The third-order valence-corrected chi connectivity index (χ3v) is 6.37. The fourth-order valence-corrected chi connectivity index (χ4v) is 4.82. The van der Waals surface area contributed by atoms with E-state index in [1.54, 1.807) is 17.0 Å². The monoisotopic (exact) mass is 513 g/mol. The zero-order chi connectivity index (χ0) is 26.0. The van der Waals surface area contributed by atoms with Crippen LogP contribution in [0.2, 0.25) is 5.28 Å². The average Bonchev–Trinajstić information content (AvgIpc) is 2.82. The molecule has 1 fully saturated rings. The molecule has 1 atom stereocenters. The van der Waals surface area contributed by atoms with Crippen molar-refractivity contribution in [1.82, 2.24) is 14.9 Å². The molecule has 0 spiro atoms. The first-order chi connectivity index (χ1) is 17.1. The molecule has 2 aliphatic rings. The topological polar surface area (TPSA) is 91.6 Å². The van der Waals surface area contributed by atoms with E-state index in [9.17, 15) is 14.4 Å². The molecule has 8 nitrogen and oxygen atoms in total. The van der Waals surface area contributed by atoms with E-state index in [2.05, 4.69) is 16.0 Å². The van der Waals surface area contributed by atoms with Crippen molar-refractivity contribution in [3.05, 3.63) is 46.1 Å². The van der Waals surface area contributed by atoms with Gasteiger partial charge in [-0.05, 0) is 69.0 Å². The summed E-state index contributed by atoms with van der Waals surface area (Å²) in [5.41, 5.74) is 2.09. The number of anilines is 1. The van der Waals surface area contributed by atoms with Crippen molar-refractivity contribution in [3.8, 4) is 11.8 Å². The van der Waals surface area contributed by atoms with Gasteiger partial charge < -0.3 is 19.3 Å². The number of amides is 1. The molecule has 2 heterocycles. The second kappa shape index (κ2) is 10.3. The lowest BCUT2D eigenvalue weighted by Crippen LogP contribution is -2.56. The van der Waals surface area contributed by atoms with Gasteiger partial charge in [-0.3, -0.25) is 0 Å². The summed E-state index contributed by atoms with van der Waals surface area (Å²) in [7, 11) is 1.52. The number of ether oxygens (including phenoxy) is 2. The Kier molecular flexibility index (Phi) is 7.36. The highest BCUT2D eigenvalue weighted by molar-refractivity contribution is 6.28. The minimum absolute atomic E-state index is 0.0770. The highest BCUT2D eigenvalue weighted by atomic mass is 35.5. The second-order valence-corrected chi connectivity index (χ2v) is 10.1. The van der Waals surface area contributed by atoms with E-state index in [1.807, 2.05) is 31.7 Å². The molecule has 1 unspecified atom stereocenters. The molecule has 0 radical (unpaired) electrons. The lowest BCUT2D eigenvalue weighted by molar-refractivity contribution is 0.0145. The Bertz CT molecular complexity index is 1240. The number of aromatic nitrogens is 2. The van der Waals surface area contributed by atoms with Crippen LogP contribution in [0.3, 0.4) is 0 Å². The summed E-state index contributed by atoms with van der Waals surface area (Å²) in [5.74, 6) is 0.775. The van der Waals surface area contributed by atoms with Crippen molar-refractivity contribution >= 4 is 35.2 Å². The highest BCUT2D eigenvalue weighted by Gasteiger charge is 2.35. The van der Waals surface area contributed by atoms with Gasteiger partial charge in [-0.1, -0.05) is 6.07 Å². The quantitative estimate of drug-likeness (QED) is 0.525. The van der Waals surface area contributed by atoms with Crippen molar-refractivity contribution in [1.29, 1.82) is 5.26 Å². The van der Waals surface area contributed by atoms with Gasteiger partial charge in [0.2, 0.25) is 5.28 Å². The minimum atomic E-state index is -0.629. The number of methoxy groups -OCH3 is 1. The number of hydrogen-bond donors (Lipinski definition) is 0. The second-order valence-electron chi connectivity index (χ2n) is 9.80. The molecule has 36 heavy (non-hydrogen) atoms. The SMILES string of the molecule is COc1cccc(F)c1C1=Cc2nc(Cl)nc(N3CCN(C(=O)OC(C)(C)C)C(CC#N)C3)c2CC1. The number of benzene rings is 1. The molecule has 1 aliphatic carbocycles. The summed E-state index contributed by atoms with van der Waals surface area (Å²) in [4.78, 5) is 25.4. The number of piperazine rings is 1. The molecule has 1 amide bonds. The summed E-state index contributed by atoms with van der Waals surface area (Å²) in [6.45, 7) is 6.73. The number of nitrogens with zero attached hydrogens (tertiary/aromatic N) is 5. The molecule has 1 aromatic heterocycles. The fourth-order valence-electron chi connectivity index (χ4n) is 4.65. The summed E-state index contributed by atoms with van der Waals surface area (Å²) >= 11 is 6.32. The van der Waals surface area contributed by atoms with Crippen LogP contribution in [0.25, 0.3) is 11.6 Å². The highest BCUT2D eigenvalue weighted by Crippen LogP contribution is 2.39. The van der Waals surface area contributed by atoms with Gasteiger partial charge in [-0.25, -0.2) is 19.2 Å². The number of rotatable bonds is 4. The van der Waals surface area contributed by atoms with Crippen LogP contribution in [0.15, 0.2) is 18.2 Å². The maximum absolute atomic E-state index is 14.7. The molecule has 0 saturated carbocycles. The number of fused-ring (bicyclic) bond motifs is 1. The van der Waals surface area contributed by atoms with Gasteiger partial charge in [0.25, 0.3) is 0 Å². The normalized spacial score (nSPS) is 17.7. The summed E-state index contributed by atoms with van der Waals surface area (Å²) in [5, 5.41) is 9.48. The van der Waals surface area contributed by atoms with E-state index in [0.717, 1.165) is 11.1 Å². The molecule has 190 valence electrons. The first-order valence-corrected chi connectivity index (χ1v) is 12.2. The molecule has 10 heteroatoms. The maximum atomic E-state index is 14.7. The Morgan fingerprint density at radius 2 is 2.06 bits per heavy atom. The molecule has 0 bridgehead atoms. The van der Waals surface area contributed by atoms with Crippen molar-refractivity contribution in [2.24, 2.45) is 0 Å². The lowest BCUT2D eigenvalue weighted by Gasteiger charge is -2.42. The van der Waals surface area contributed by atoms with Crippen LogP contribution >= 0.6 is 11.6 Å². The van der Waals surface area contributed by atoms with Crippen molar-refractivity contribution in [3.63, 3.8) is 0 Å². The van der Waals surface area contributed by atoms with Crippen LogP contribution in [-0.2, 0) is 11.2 Å². The zero-order valence-electron chi connectivity index (χ0n) is 20.8. The molecule has 0 N–H and O–H groups in total.